The average molecular weight is 833 g/mol. The van der Waals surface area contributed by atoms with Gasteiger partial charge in [-0.1, -0.05) is 105 Å². The Morgan fingerprint density at radius 2 is 1.17 bits per heavy atom. The molecule has 5 aromatic carbocycles. The van der Waals surface area contributed by atoms with Gasteiger partial charge in [-0.2, -0.15) is 0 Å². The van der Waals surface area contributed by atoms with Crippen LogP contribution in [-0.2, 0) is 21.7 Å². The number of hydrogen-bond acceptors (Lipinski definition) is 4. The predicted octanol–water partition coefficient (Wildman–Crippen LogP) is 15.6. The van der Waals surface area contributed by atoms with Crippen LogP contribution in [0.2, 0.25) is 0 Å². The van der Waals surface area contributed by atoms with Crippen molar-refractivity contribution in [1.29, 1.82) is 0 Å². The fourth-order valence-electron chi connectivity index (χ4n) is 12.4. The van der Waals surface area contributed by atoms with Gasteiger partial charge in [0.2, 0.25) is 0 Å². The van der Waals surface area contributed by atoms with E-state index in [1.54, 1.807) is 5.56 Å². The van der Waals surface area contributed by atoms with E-state index in [1.165, 1.54) is 83.0 Å². The van der Waals surface area contributed by atoms with Crippen molar-refractivity contribution < 1.29 is 4.74 Å². The van der Waals surface area contributed by atoms with Crippen molar-refractivity contribution in [1.82, 2.24) is 9.55 Å². The number of anilines is 4. The summed E-state index contributed by atoms with van der Waals surface area (Å²) in [6, 6.07) is 43.0. The number of pyridine rings is 1. The van der Waals surface area contributed by atoms with Crippen LogP contribution in [0.1, 0.15) is 123 Å². The Morgan fingerprint density at radius 3 is 1.86 bits per heavy atom. The summed E-state index contributed by atoms with van der Waals surface area (Å²) >= 11 is 0. The number of benzene rings is 5. The summed E-state index contributed by atoms with van der Waals surface area (Å²) in [6.07, 6.45) is 10.3. The molecule has 2 aromatic heterocycles. The van der Waals surface area contributed by atoms with Crippen LogP contribution in [0, 0.1) is 17.8 Å². The molecular formula is C58H64N4O. The first-order valence-corrected chi connectivity index (χ1v) is 23.6. The van der Waals surface area contributed by atoms with Gasteiger partial charge in [-0.05, 0) is 161 Å². The zero-order valence-electron chi connectivity index (χ0n) is 38.9. The highest BCUT2D eigenvalue weighted by atomic mass is 16.5. The smallest absolute Gasteiger partial charge is 0.137 e. The molecule has 7 aromatic rings. The quantitative estimate of drug-likeness (QED) is 0.167. The average Bonchev–Trinajstić information content (AvgIpc) is 3.79. The van der Waals surface area contributed by atoms with E-state index < -0.39 is 0 Å². The minimum absolute atomic E-state index is 0.00481. The molecule has 3 heterocycles. The highest BCUT2D eigenvalue weighted by Gasteiger charge is 2.53. The second-order valence-electron chi connectivity index (χ2n) is 22.9. The van der Waals surface area contributed by atoms with Gasteiger partial charge in [0.25, 0.3) is 0 Å². The summed E-state index contributed by atoms with van der Waals surface area (Å²) in [5.41, 5.74) is 13.3. The lowest BCUT2D eigenvalue weighted by Crippen LogP contribution is -2.48. The number of ether oxygens (including phenoxy) is 1. The van der Waals surface area contributed by atoms with Gasteiger partial charge in [-0.15, -0.1) is 0 Å². The monoisotopic (exact) mass is 833 g/mol. The molecule has 0 unspecified atom stereocenters. The van der Waals surface area contributed by atoms with Crippen molar-refractivity contribution in [3.8, 4) is 17.3 Å². The SMILES string of the molecule is CC(C)(C)c1cc(N2CN(c3cccc(Oc4ccc5c6ccccc6n(-c6cc(C(C)(C)C)ccn6)c5c4)c3)c3cccc(C45CC6CC(CC(C6)C4)C5)c32)cc(C(C)(C)C)c1. The first-order valence-electron chi connectivity index (χ1n) is 23.6. The molecule has 5 nitrogen and oxygen atoms in total. The van der Waals surface area contributed by atoms with Gasteiger partial charge in [0.05, 0.1) is 22.4 Å². The minimum Gasteiger partial charge on any atom is -0.457 e. The lowest BCUT2D eigenvalue weighted by atomic mass is 9.48. The normalized spacial score (nSPS) is 22.1. The molecule has 0 saturated heterocycles. The molecule has 0 amide bonds. The Morgan fingerprint density at radius 1 is 0.540 bits per heavy atom. The number of aromatic nitrogens is 2. The Balaban J connectivity index is 1.00. The van der Waals surface area contributed by atoms with Gasteiger partial charge in [0.15, 0.2) is 0 Å². The molecule has 5 heteroatoms. The lowest BCUT2D eigenvalue weighted by Gasteiger charge is -2.57. The second kappa shape index (κ2) is 14.2. The number of nitrogens with zero attached hydrogens (tertiary/aromatic N) is 4. The Hall–Kier alpha value is -5.55. The highest BCUT2D eigenvalue weighted by Crippen LogP contribution is 2.64. The van der Waals surface area contributed by atoms with Crippen LogP contribution in [-0.4, -0.2) is 16.2 Å². The largest absolute Gasteiger partial charge is 0.457 e. The highest BCUT2D eigenvalue weighted by molar-refractivity contribution is 6.09. The molecule has 63 heavy (non-hydrogen) atoms. The molecule has 12 rings (SSSR count). The predicted molar refractivity (Wildman–Crippen MR) is 263 cm³/mol. The molecule has 0 atom stereocenters. The fraction of sp³-hybridized carbons (Fsp3) is 0.397. The van der Waals surface area contributed by atoms with E-state index in [9.17, 15) is 0 Å². The van der Waals surface area contributed by atoms with Crippen LogP contribution in [0.25, 0.3) is 27.6 Å². The van der Waals surface area contributed by atoms with Gasteiger partial charge >= 0.3 is 0 Å². The molecule has 5 aliphatic rings. The van der Waals surface area contributed by atoms with E-state index in [0.717, 1.165) is 58.5 Å². The van der Waals surface area contributed by atoms with Crippen LogP contribution in [0.3, 0.4) is 0 Å². The second-order valence-corrected chi connectivity index (χ2v) is 22.9. The minimum atomic E-state index is 0.00481. The summed E-state index contributed by atoms with van der Waals surface area (Å²) in [7, 11) is 0. The Kier molecular flexibility index (Phi) is 9.09. The third-order valence-electron chi connectivity index (χ3n) is 15.3. The maximum absolute atomic E-state index is 6.87. The fourth-order valence-corrected chi connectivity index (χ4v) is 12.4. The number of hydrogen-bond donors (Lipinski definition) is 0. The van der Waals surface area contributed by atoms with Crippen molar-refractivity contribution in [2.45, 2.75) is 122 Å². The molecule has 0 spiro atoms. The van der Waals surface area contributed by atoms with Gasteiger partial charge in [-0.25, -0.2) is 4.98 Å². The zero-order chi connectivity index (χ0) is 43.6. The van der Waals surface area contributed by atoms with E-state index >= 15 is 0 Å². The molecule has 322 valence electrons. The topological polar surface area (TPSA) is 33.5 Å². The van der Waals surface area contributed by atoms with E-state index in [2.05, 4.69) is 192 Å². The maximum Gasteiger partial charge on any atom is 0.137 e. The Labute approximate surface area is 375 Å². The first kappa shape index (κ1) is 40.2. The first-order chi connectivity index (χ1) is 30.0. The third kappa shape index (κ3) is 6.93. The van der Waals surface area contributed by atoms with E-state index in [4.69, 9.17) is 9.72 Å². The van der Waals surface area contributed by atoms with Crippen molar-refractivity contribution in [2.24, 2.45) is 17.8 Å². The summed E-state index contributed by atoms with van der Waals surface area (Å²) in [5.74, 6) is 5.15. The van der Waals surface area contributed by atoms with Crippen molar-refractivity contribution in [3.05, 3.63) is 144 Å². The standard InChI is InChI=1S/C58H64N4O/c1-55(2,3)40-22-23-59-53(30-40)62-50-18-11-10-16-47(50)48-21-20-46(32-52(48)62)63-45-15-12-14-43(31-45)60-36-61(44-28-41(56(4,5)6)27-42(29-44)57(7,8)9)54-49(17-13-19-51(54)60)58-33-37-24-38(34-58)26-39(25-37)35-58/h10-23,27-32,37-39H,24-26,33-36H2,1-9H3. The van der Waals surface area contributed by atoms with Crippen molar-refractivity contribution in [2.75, 3.05) is 16.5 Å². The van der Waals surface area contributed by atoms with Gasteiger partial charge in [0.1, 0.15) is 24.0 Å². The van der Waals surface area contributed by atoms with Crippen molar-refractivity contribution >= 4 is 44.6 Å². The van der Waals surface area contributed by atoms with Gasteiger partial charge in [0, 0.05) is 40.5 Å². The van der Waals surface area contributed by atoms with Crippen molar-refractivity contribution in [3.63, 3.8) is 0 Å². The van der Waals surface area contributed by atoms with Crippen LogP contribution in [0.5, 0.6) is 11.5 Å². The number of fused-ring (bicyclic) bond motifs is 4. The van der Waals surface area contributed by atoms with Crippen LogP contribution >= 0.6 is 0 Å². The molecule has 1 aliphatic heterocycles. The molecule has 4 fully saturated rings. The Bertz CT molecular complexity index is 2850. The van der Waals surface area contributed by atoms with E-state index in [1.807, 2.05) is 6.20 Å². The molecular weight excluding hydrogens is 769 g/mol. The summed E-state index contributed by atoms with van der Waals surface area (Å²) in [4.78, 5) is 10.1. The van der Waals surface area contributed by atoms with Crippen LogP contribution < -0.4 is 14.5 Å². The maximum atomic E-state index is 6.87. The summed E-state index contributed by atoms with van der Waals surface area (Å²) < 4.78 is 9.16. The number of para-hydroxylation sites is 2. The summed E-state index contributed by atoms with van der Waals surface area (Å²) in [6.45, 7) is 21.6. The van der Waals surface area contributed by atoms with Gasteiger partial charge < -0.3 is 14.5 Å². The van der Waals surface area contributed by atoms with E-state index in [0.29, 0.717) is 0 Å². The van der Waals surface area contributed by atoms with Gasteiger partial charge in [-0.3, -0.25) is 4.57 Å². The van der Waals surface area contributed by atoms with Crippen LogP contribution in [0.4, 0.5) is 22.7 Å². The molecule has 4 bridgehead atoms. The van der Waals surface area contributed by atoms with Crippen LogP contribution in [0.15, 0.2) is 121 Å². The lowest BCUT2D eigenvalue weighted by molar-refractivity contribution is -0.00489. The molecule has 4 aliphatic carbocycles. The zero-order valence-corrected chi connectivity index (χ0v) is 38.9. The molecule has 4 saturated carbocycles. The molecule has 0 radical (unpaired) electrons. The number of rotatable bonds is 6. The van der Waals surface area contributed by atoms with E-state index in [-0.39, 0.29) is 21.7 Å². The molecule has 0 N–H and O–H groups in total. The summed E-state index contributed by atoms with van der Waals surface area (Å²) in [5, 5.41) is 2.39. The third-order valence-corrected chi connectivity index (χ3v) is 15.3.